The molecule has 6 aliphatic rings. The highest BCUT2D eigenvalue weighted by Gasteiger charge is 2.49. The average molecular weight is 1500 g/mol. The number of halogens is 5. The zero-order valence-corrected chi connectivity index (χ0v) is 60.6. The number of carbonyl (C=O) groups excluding carboxylic acids is 1. The Labute approximate surface area is 586 Å². The van der Waals surface area contributed by atoms with E-state index in [4.69, 9.17) is 9.66 Å². The van der Waals surface area contributed by atoms with Crippen molar-refractivity contribution >= 4 is 43.9 Å². The maximum Gasteiger partial charge on any atom is 0.392 e. The summed E-state index contributed by atoms with van der Waals surface area (Å²) in [5.41, 5.74) is 13.1. The number of benzene rings is 6. The van der Waals surface area contributed by atoms with E-state index in [1.807, 2.05) is 100 Å². The Morgan fingerprint density at radius 3 is 1.20 bits per heavy atom. The Morgan fingerprint density at radius 2 is 0.907 bits per heavy atom. The van der Waals surface area contributed by atoms with Crippen LogP contribution in [0.15, 0.2) is 192 Å². The van der Waals surface area contributed by atoms with E-state index in [1.54, 1.807) is 12.4 Å². The topological polar surface area (TPSA) is 245 Å². The summed E-state index contributed by atoms with van der Waals surface area (Å²) < 4.78 is 115. The number of aliphatic hydroxyl groups excluding tert-OH is 1. The van der Waals surface area contributed by atoms with Crippen molar-refractivity contribution in [3.8, 4) is 0 Å². The van der Waals surface area contributed by atoms with Gasteiger partial charge >= 0.3 is 32.6 Å². The van der Waals surface area contributed by atoms with Gasteiger partial charge in [0, 0.05) is 58.9 Å². The number of hydrogen-bond donors (Lipinski definition) is 4. The van der Waals surface area contributed by atoms with E-state index >= 15 is 0 Å². The van der Waals surface area contributed by atoms with Gasteiger partial charge in [-0.1, -0.05) is 158 Å². The smallest absolute Gasteiger partial charge is 0.392 e. The maximum absolute atomic E-state index is 13.3. The van der Waals surface area contributed by atoms with Crippen molar-refractivity contribution in [2.24, 2.45) is 21.8 Å². The lowest BCUT2D eigenvalue weighted by Gasteiger charge is -2.44. The number of ether oxygens (including phenoxy) is 1. The van der Waals surface area contributed by atoms with E-state index < -0.39 is 61.8 Å². The van der Waals surface area contributed by atoms with E-state index in [-0.39, 0.29) is 53.6 Å². The highest BCUT2D eigenvalue weighted by Crippen LogP contribution is 2.57. The summed E-state index contributed by atoms with van der Waals surface area (Å²) in [6.07, 6.45) is 4.68. The van der Waals surface area contributed by atoms with Crippen molar-refractivity contribution in [3.63, 3.8) is 0 Å². The maximum atomic E-state index is 13.3. The minimum absolute atomic E-state index is 0. The standard InChI is InChI=1S/C19H16F2O5S.C17H14O2.2C10H16N.C8H12N2.C7H14N2.C2H4F2O4S.HI/c20-19(21,27(23,24)25)10-26-18(22)16-9-15-11-5-1-3-7-13(11)17(16)14-8-4-2-6-12(14)15;18-17(19)15-9-14-10-5-1-3-7-12(10)16(15)13-8-4-2-6-11(13)14;2*1-11(2,3)9-10-7-5-4-6-8-10;1-7(2)10-8-3-5-9-6-4-8;1-6(2)8-5-9-7(3)4;3-2(4,1-5)9(6,7)8;/h1-8,15-17H,9-10H2,(H,23,24,25);1-8,14-16H,9H2,(H,18,19);2*4-8H,9H2,1-3H3;3-7H,1-2H3,(H,9,10);6-7H,1-4H3;5H,1H2,(H,6,7,8);1H/q;;2*+1;;;;/p-2. The molecule has 97 heavy (non-hydrogen) atoms. The third kappa shape index (κ3) is 24.9. The summed E-state index contributed by atoms with van der Waals surface area (Å²) in [5, 5.41) is 11.3. The second-order valence-electron chi connectivity index (χ2n) is 26.5. The quantitative estimate of drug-likeness (QED) is 0.0187. The molecule has 4 N–H and O–H groups in total. The number of alkyl halides is 4. The lowest BCUT2D eigenvalue weighted by molar-refractivity contribution is -0.884. The molecular formula is C73H91F4IN6O11S2. The van der Waals surface area contributed by atoms with Crippen molar-refractivity contribution < 1.29 is 101 Å². The molecule has 7 aromatic rings. The van der Waals surface area contributed by atoms with Gasteiger partial charge in [-0.25, -0.2) is 18.4 Å². The molecule has 0 aliphatic heterocycles. The van der Waals surface area contributed by atoms with Gasteiger partial charge in [-0.05, 0) is 111 Å². The van der Waals surface area contributed by atoms with Crippen LogP contribution >= 0.6 is 0 Å². The van der Waals surface area contributed by atoms with E-state index in [0.717, 1.165) is 56.4 Å². The van der Waals surface area contributed by atoms with Crippen LogP contribution in [0.2, 0.25) is 0 Å². The number of fused-ring (bicyclic) bond motifs is 2. The number of pyridine rings is 1. The molecular weight excluding hydrogens is 1400 g/mol. The number of aliphatic carboxylic acids is 1. The van der Waals surface area contributed by atoms with E-state index in [2.05, 4.69) is 184 Å². The van der Waals surface area contributed by atoms with Gasteiger partial charge in [0.2, 0.25) is 0 Å². The third-order valence-electron chi connectivity index (χ3n) is 15.3. The largest absolute Gasteiger partial charge is 1.00 e. The number of quaternary nitrogens is 2. The molecule has 17 nitrogen and oxygen atoms in total. The van der Waals surface area contributed by atoms with Crippen molar-refractivity contribution in [2.45, 2.75) is 120 Å². The van der Waals surface area contributed by atoms with E-state index in [0.29, 0.717) is 24.5 Å². The van der Waals surface area contributed by atoms with E-state index in [1.165, 1.54) is 33.4 Å². The van der Waals surface area contributed by atoms with Gasteiger partial charge in [-0.15, -0.1) is 0 Å². The molecule has 0 radical (unpaired) electrons. The van der Waals surface area contributed by atoms with Crippen molar-refractivity contribution in [3.05, 3.63) is 238 Å². The second-order valence-corrected chi connectivity index (χ2v) is 29.6. The average Bonchev–Trinajstić information content (AvgIpc) is 0.729. The van der Waals surface area contributed by atoms with Crippen LogP contribution in [0.1, 0.15) is 134 Å². The number of nitrogens with one attached hydrogen (secondary N) is 1. The summed E-state index contributed by atoms with van der Waals surface area (Å²) in [5.74, 6) is -2.74. The van der Waals surface area contributed by atoms with Gasteiger partial charge in [-0.3, -0.25) is 19.1 Å². The zero-order valence-electron chi connectivity index (χ0n) is 56.8. The van der Waals surface area contributed by atoms with Gasteiger partial charge in [0.25, 0.3) is 0 Å². The van der Waals surface area contributed by atoms with Crippen LogP contribution in [-0.4, -0.2) is 152 Å². The Morgan fingerprint density at radius 1 is 0.577 bits per heavy atom. The van der Waals surface area contributed by atoms with Crippen LogP contribution in [0, 0.1) is 11.8 Å². The monoisotopic (exact) mass is 1490 g/mol. The summed E-state index contributed by atoms with van der Waals surface area (Å²) in [7, 11) is 1.88. The minimum atomic E-state index is -5.90. The highest BCUT2D eigenvalue weighted by molar-refractivity contribution is 7.87. The predicted molar refractivity (Wildman–Crippen MR) is 366 cm³/mol. The fraction of sp³-hybridized carbons (Fsp3) is 0.397. The Hall–Kier alpha value is -7.26. The van der Waals surface area contributed by atoms with Crippen LogP contribution in [0.5, 0.6) is 0 Å². The van der Waals surface area contributed by atoms with Crippen LogP contribution in [-0.2, 0) is 47.7 Å². The molecule has 0 amide bonds. The second kappa shape index (κ2) is 36.5. The number of carbonyl (C=O) groups is 2. The van der Waals surface area contributed by atoms with Crippen LogP contribution in [0.4, 0.5) is 23.2 Å². The minimum Gasteiger partial charge on any atom is -1.00 e. The third-order valence-corrected chi connectivity index (χ3v) is 17.0. The number of aliphatic imine (C=N–C) groups is 2. The van der Waals surface area contributed by atoms with E-state index in [9.17, 15) is 53.6 Å². The molecule has 0 saturated carbocycles. The first-order valence-electron chi connectivity index (χ1n) is 31.4. The number of aromatic nitrogens is 1. The zero-order chi connectivity index (χ0) is 71.4. The molecule has 526 valence electrons. The van der Waals surface area contributed by atoms with Crippen LogP contribution < -0.4 is 29.3 Å². The van der Waals surface area contributed by atoms with Crippen molar-refractivity contribution in [1.82, 2.24) is 4.98 Å². The number of carboxylic acids is 1. The Balaban J connectivity index is 0.000000253. The first-order chi connectivity index (χ1) is 44.9. The number of nitrogens with zero attached hydrogens (tertiary/aromatic N) is 5. The Bertz CT molecular complexity index is 3770. The normalized spacial score (nSPS) is 17.5. The summed E-state index contributed by atoms with van der Waals surface area (Å²) in [6, 6.07) is 60.7. The van der Waals surface area contributed by atoms with Crippen LogP contribution in [0.25, 0.3) is 0 Å². The molecule has 6 aromatic carbocycles. The fourth-order valence-corrected chi connectivity index (χ4v) is 11.8. The number of rotatable bonds is 15. The van der Waals surface area contributed by atoms with Gasteiger partial charge in [0.1, 0.15) is 19.7 Å². The van der Waals surface area contributed by atoms with Crippen molar-refractivity contribution in [2.75, 3.05) is 60.8 Å². The molecule has 0 fully saturated rings. The summed E-state index contributed by atoms with van der Waals surface area (Å²) in [6.45, 7) is 10.8. The molecule has 6 aliphatic carbocycles. The first-order valence-corrected chi connectivity index (χ1v) is 34.2. The molecule has 1 heterocycles. The molecule has 4 bridgehead atoms. The van der Waals surface area contributed by atoms with Gasteiger partial charge < -0.3 is 57.8 Å². The van der Waals surface area contributed by atoms with Crippen LogP contribution in [0.3, 0.4) is 0 Å². The predicted octanol–water partition coefficient (Wildman–Crippen LogP) is 10.5. The fourth-order valence-electron chi connectivity index (χ4n) is 11.5. The summed E-state index contributed by atoms with van der Waals surface area (Å²) >= 11 is 0. The molecule has 2 unspecified atom stereocenters. The number of esters is 1. The number of hydrogen-bond acceptors (Lipinski definition) is 13. The van der Waals surface area contributed by atoms with Gasteiger partial charge in [0.15, 0.2) is 16.7 Å². The lowest BCUT2D eigenvalue weighted by atomic mass is 9.59. The molecule has 1 aromatic heterocycles. The first kappa shape index (κ1) is 82.2. The number of carboxylic acid groups (broad SMARTS) is 1. The number of aliphatic hydroxyl groups is 1. The SMILES string of the molecule is CC(C)N=C=NC(C)C.CC(C)Nc1ccncc1.C[N+](C)(C)Cc1ccccc1.C[N+](C)(C)Cc1ccccc1.O=C(O)C1CC2c3ccccc3C1c1ccccc12.O=C(OCC(F)(F)S(=O)(=O)[O-])C1CC2c3ccccc3C1c1ccccc12.O=S(=O)(O)C(F)(F)CO.[I-]. The molecule has 0 saturated heterocycles. The molecule has 2 atom stereocenters. The lowest BCUT2D eigenvalue weighted by Crippen LogP contribution is -3.00. The molecule has 24 heteroatoms. The molecule has 0 spiro atoms. The molecule has 13 rings (SSSR count). The van der Waals surface area contributed by atoms with Crippen molar-refractivity contribution in [1.29, 1.82) is 0 Å². The Kier molecular flexibility index (Phi) is 30.9. The van der Waals surface area contributed by atoms with Gasteiger partial charge in [-0.2, -0.15) is 26.0 Å². The van der Waals surface area contributed by atoms with Gasteiger partial charge in [0.05, 0.1) is 72.2 Å². The number of anilines is 1. The highest BCUT2D eigenvalue weighted by atomic mass is 127. The summed E-state index contributed by atoms with van der Waals surface area (Å²) in [4.78, 5) is 35.9.